The van der Waals surface area contributed by atoms with Gasteiger partial charge in [0.15, 0.2) is 11.8 Å². The van der Waals surface area contributed by atoms with Gasteiger partial charge < -0.3 is 15.2 Å². The third-order valence-electron chi connectivity index (χ3n) is 4.39. The lowest BCUT2D eigenvalue weighted by atomic mass is 9.96. The van der Waals surface area contributed by atoms with Gasteiger partial charge in [-0.15, -0.1) is 0 Å². The van der Waals surface area contributed by atoms with Crippen molar-refractivity contribution < 1.29 is 17.7 Å². The molecule has 2 aromatic rings. The fourth-order valence-electron chi connectivity index (χ4n) is 2.80. The predicted molar refractivity (Wildman–Crippen MR) is 106 cm³/mol. The number of guanidine groups is 1. The first-order valence-electron chi connectivity index (χ1n) is 9.78. The fourth-order valence-corrected chi connectivity index (χ4v) is 2.80. The molecule has 0 amide bonds. The van der Waals surface area contributed by atoms with Gasteiger partial charge >= 0.3 is 6.18 Å². The number of aliphatic imine (C=N–C) groups is 1. The van der Waals surface area contributed by atoms with Crippen LogP contribution in [0, 0.1) is 6.92 Å². The van der Waals surface area contributed by atoms with Crippen molar-refractivity contribution in [3.8, 4) is 0 Å². The molecule has 0 bridgehead atoms. The molecule has 0 radical (unpaired) electrons. The summed E-state index contributed by atoms with van der Waals surface area (Å²) in [4.78, 5) is 8.66. The molecule has 1 aromatic carbocycles. The maximum absolute atomic E-state index is 12.9. The zero-order valence-electron chi connectivity index (χ0n) is 17.0. The molecule has 0 saturated carbocycles. The molecule has 29 heavy (non-hydrogen) atoms. The predicted octanol–water partition coefficient (Wildman–Crippen LogP) is 4.08. The Labute approximate surface area is 169 Å². The minimum absolute atomic E-state index is 0.00607. The van der Waals surface area contributed by atoms with Gasteiger partial charge in [-0.3, -0.25) is 4.99 Å². The molecule has 9 heteroatoms. The van der Waals surface area contributed by atoms with E-state index in [1.54, 1.807) is 13.0 Å². The highest BCUT2D eigenvalue weighted by Crippen LogP contribution is 2.31. The van der Waals surface area contributed by atoms with Crippen LogP contribution in [0.1, 0.15) is 55.4 Å². The van der Waals surface area contributed by atoms with Crippen LogP contribution in [0.5, 0.6) is 0 Å². The number of halogens is 3. The summed E-state index contributed by atoms with van der Waals surface area (Å²) in [6.45, 7) is 7.60. The number of benzene rings is 1. The van der Waals surface area contributed by atoms with Crippen LogP contribution in [0.15, 0.2) is 33.8 Å². The van der Waals surface area contributed by atoms with E-state index >= 15 is 0 Å². The number of nitrogens with zero attached hydrogens (tertiary/aromatic N) is 3. The van der Waals surface area contributed by atoms with E-state index in [9.17, 15) is 13.2 Å². The Kier molecular flexibility index (Phi) is 8.48. The second-order valence-corrected chi connectivity index (χ2v) is 6.84. The van der Waals surface area contributed by atoms with Gasteiger partial charge in [0.2, 0.25) is 5.89 Å². The summed E-state index contributed by atoms with van der Waals surface area (Å²) in [5.74, 6) is 1.90. The maximum Gasteiger partial charge on any atom is 0.416 e. The Morgan fingerprint density at radius 1 is 1.28 bits per heavy atom. The van der Waals surface area contributed by atoms with Gasteiger partial charge in [-0.2, -0.15) is 18.2 Å². The second-order valence-electron chi connectivity index (χ2n) is 6.84. The molecule has 1 aromatic heterocycles. The van der Waals surface area contributed by atoms with Gasteiger partial charge in [0, 0.05) is 26.1 Å². The number of hydrogen-bond acceptors (Lipinski definition) is 4. The number of hydrogen-bond donors (Lipinski definition) is 2. The Hall–Kier alpha value is -2.58. The molecule has 0 aliphatic rings. The minimum Gasteiger partial charge on any atom is -0.357 e. The van der Waals surface area contributed by atoms with Crippen molar-refractivity contribution in [2.24, 2.45) is 4.99 Å². The zero-order chi connectivity index (χ0) is 21.3. The van der Waals surface area contributed by atoms with Crippen LogP contribution in [0.3, 0.4) is 0 Å². The Morgan fingerprint density at radius 2 is 2.07 bits per heavy atom. The van der Waals surface area contributed by atoms with Gasteiger partial charge in [-0.25, -0.2) is 0 Å². The van der Waals surface area contributed by atoms with Crippen molar-refractivity contribution in [1.29, 1.82) is 0 Å². The maximum atomic E-state index is 12.9. The number of rotatable bonds is 9. The molecule has 1 heterocycles. The molecule has 160 valence electrons. The van der Waals surface area contributed by atoms with Gasteiger partial charge in [0.25, 0.3) is 0 Å². The van der Waals surface area contributed by atoms with Crippen molar-refractivity contribution in [2.75, 3.05) is 19.6 Å². The van der Waals surface area contributed by atoms with E-state index in [0.717, 1.165) is 19.0 Å². The van der Waals surface area contributed by atoms with Crippen LogP contribution >= 0.6 is 0 Å². The van der Waals surface area contributed by atoms with Gasteiger partial charge in [-0.05, 0) is 44.2 Å². The summed E-state index contributed by atoms with van der Waals surface area (Å²) in [6, 6.07) is 5.51. The molecule has 0 saturated heterocycles. The van der Waals surface area contributed by atoms with Gasteiger partial charge in [0.1, 0.15) is 0 Å². The summed E-state index contributed by atoms with van der Waals surface area (Å²) >= 11 is 0. The van der Waals surface area contributed by atoms with Gasteiger partial charge in [-0.1, -0.05) is 30.3 Å². The SMILES string of the molecule is CCNC(=NCCCc1nc(C)no1)NCCC(C)c1cccc(C(F)(F)F)c1. The molecular formula is C20H28F3N5O. The average molecular weight is 411 g/mol. The Balaban J connectivity index is 1.80. The van der Waals surface area contributed by atoms with Crippen LogP contribution in [0.25, 0.3) is 0 Å². The number of aryl methyl sites for hydroxylation is 2. The average Bonchev–Trinajstić information content (AvgIpc) is 3.09. The molecule has 6 nitrogen and oxygen atoms in total. The third-order valence-corrected chi connectivity index (χ3v) is 4.39. The van der Waals surface area contributed by atoms with Crippen molar-refractivity contribution in [1.82, 2.24) is 20.8 Å². The topological polar surface area (TPSA) is 75.3 Å². The molecule has 0 aliphatic heterocycles. The molecule has 0 spiro atoms. The van der Waals surface area contributed by atoms with Crippen molar-refractivity contribution in [3.05, 3.63) is 47.1 Å². The first-order chi connectivity index (χ1) is 13.8. The fraction of sp³-hybridized carbons (Fsp3) is 0.550. The van der Waals surface area contributed by atoms with Crippen LogP contribution in [0.4, 0.5) is 13.2 Å². The molecule has 1 unspecified atom stereocenters. The lowest BCUT2D eigenvalue weighted by molar-refractivity contribution is -0.137. The monoisotopic (exact) mass is 411 g/mol. The second kappa shape index (κ2) is 10.8. The van der Waals surface area contributed by atoms with Crippen LogP contribution in [-0.4, -0.2) is 35.7 Å². The highest BCUT2D eigenvalue weighted by molar-refractivity contribution is 5.79. The molecule has 0 aliphatic carbocycles. The van der Waals surface area contributed by atoms with E-state index in [0.29, 0.717) is 49.2 Å². The van der Waals surface area contributed by atoms with E-state index in [1.807, 2.05) is 13.8 Å². The summed E-state index contributed by atoms with van der Waals surface area (Å²) in [5, 5.41) is 10.2. The van der Waals surface area contributed by atoms with Crippen molar-refractivity contribution >= 4 is 5.96 Å². The van der Waals surface area contributed by atoms with E-state index < -0.39 is 11.7 Å². The molecular weight excluding hydrogens is 383 g/mol. The van der Waals surface area contributed by atoms with Crippen molar-refractivity contribution in [3.63, 3.8) is 0 Å². The largest absolute Gasteiger partial charge is 0.416 e. The quantitative estimate of drug-likeness (QED) is 0.369. The lowest BCUT2D eigenvalue weighted by Crippen LogP contribution is -2.38. The zero-order valence-corrected chi connectivity index (χ0v) is 17.0. The number of nitrogens with one attached hydrogen (secondary N) is 2. The Morgan fingerprint density at radius 3 is 2.72 bits per heavy atom. The number of aromatic nitrogens is 2. The summed E-state index contributed by atoms with van der Waals surface area (Å²) in [7, 11) is 0. The molecule has 2 rings (SSSR count). The van der Waals surface area contributed by atoms with E-state index in [4.69, 9.17) is 4.52 Å². The van der Waals surface area contributed by atoms with E-state index in [2.05, 4.69) is 25.8 Å². The van der Waals surface area contributed by atoms with Crippen LogP contribution < -0.4 is 10.6 Å². The lowest BCUT2D eigenvalue weighted by Gasteiger charge is -2.16. The van der Waals surface area contributed by atoms with Crippen LogP contribution in [-0.2, 0) is 12.6 Å². The Bertz CT molecular complexity index is 788. The molecule has 0 fully saturated rings. The minimum atomic E-state index is -4.32. The van der Waals surface area contributed by atoms with Gasteiger partial charge in [0.05, 0.1) is 5.56 Å². The van der Waals surface area contributed by atoms with E-state index in [-0.39, 0.29) is 5.92 Å². The van der Waals surface area contributed by atoms with Crippen molar-refractivity contribution in [2.45, 2.75) is 52.1 Å². The smallest absolute Gasteiger partial charge is 0.357 e. The first kappa shape index (κ1) is 22.7. The normalized spacial score (nSPS) is 13.4. The van der Waals surface area contributed by atoms with E-state index in [1.165, 1.54) is 12.1 Å². The highest BCUT2D eigenvalue weighted by Gasteiger charge is 2.30. The number of alkyl halides is 3. The summed E-state index contributed by atoms with van der Waals surface area (Å²) < 4.78 is 43.7. The molecule has 1 atom stereocenters. The summed E-state index contributed by atoms with van der Waals surface area (Å²) in [5.41, 5.74) is 0.0690. The first-order valence-corrected chi connectivity index (χ1v) is 9.78. The molecule has 2 N–H and O–H groups in total. The van der Waals surface area contributed by atoms with Crippen LogP contribution in [0.2, 0.25) is 0 Å². The summed E-state index contributed by atoms with van der Waals surface area (Å²) in [6.07, 6.45) is -2.19. The third kappa shape index (κ3) is 7.75. The standard InChI is InChI=1S/C20H28F3N5O/c1-4-24-19(25-11-6-9-18-27-15(3)28-29-18)26-12-10-14(2)16-7-5-8-17(13-16)20(21,22)23/h5,7-8,13-14H,4,6,9-12H2,1-3H3,(H2,24,25,26). The highest BCUT2D eigenvalue weighted by atomic mass is 19.4.